The van der Waals surface area contributed by atoms with Gasteiger partial charge >= 0.3 is 0 Å². The first-order valence-corrected chi connectivity index (χ1v) is 26.2. The van der Waals surface area contributed by atoms with Crippen LogP contribution >= 0.6 is 22.9 Å². The fraction of sp³-hybridized carbons (Fsp3) is 0.558. The molecule has 4 atom stereocenters. The number of amides is 4. The van der Waals surface area contributed by atoms with E-state index in [2.05, 4.69) is 36.2 Å². The van der Waals surface area contributed by atoms with Gasteiger partial charge in [0.05, 0.1) is 67.1 Å². The average molecular weight is 1050 g/mol. The summed E-state index contributed by atoms with van der Waals surface area (Å²) in [5.41, 5.74) is 2.71. The number of carbonyl (C=O) groups is 4. The summed E-state index contributed by atoms with van der Waals surface area (Å²) >= 11 is 7.68. The van der Waals surface area contributed by atoms with E-state index in [1.807, 2.05) is 25.1 Å². The van der Waals surface area contributed by atoms with Crippen molar-refractivity contribution in [2.24, 2.45) is 17.3 Å². The van der Waals surface area contributed by atoms with Crippen molar-refractivity contribution in [3.05, 3.63) is 69.9 Å². The Bertz CT molecular complexity index is 2620. The zero-order valence-corrected chi connectivity index (χ0v) is 43.9. The first kappa shape index (κ1) is 53.6. The number of likely N-dealkylation sites (tertiary alicyclic amines) is 1. The number of aromatic nitrogens is 3. The topological polar surface area (TPSA) is 219 Å². The van der Waals surface area contributed by atoms with E-state index < -0.39 is 47.0 Å². The number of ether oxygens (including phenoxy) is 4. The normalized spacial score (nSPS) is 22.0. The van der Waals surface area contributed by atoms with Crippen LogP contribution in [0.25, 0.3) is 10.4 Å². The Hall–Kier alpha value is -5.67. The van der Waals surface area contributed by atoms with Crippen molar-refractivity contribution in [2.75, 3.05) is 70.9 Å². The molecule has 394 valence electrons. The molecule has 2 aliphatic heterocycles. The predicted molar refractivity (Wildman–Crippen MR) is 275 cm³/mol. The van der Waals surface area contributed by atoms with Gasteiger partial charge in [0.2, 0.25) is 17.8 Å². The van der Waals surface area contributed by atoms with Crippen LogP contribution < -0.4 is 30.7 Å². The van der Waals surface area contributed by atoms with Crippen LogP contribution in [-0.2, 0) is 30.4 Å². The third-order valence-electron chi connectivity index (χ3n) is 14.1. The van der Waals surface area contributed by atoms with E-state index in [1.165, 1.54) is 29.5 Å². The molecule has 4 aromatic rings. The maximum atomic E-state index is 14.7. The van der Waals surface area contributed by atoms with Crippen LogP contribution in [0, 0.1) is 24.2 Å². The lowest BCUT2D eigenvalue weighted by Crippen LogP contribution is -2.59. The van der Waals surface area contributed by atoms with E-state index in [1.54, 1.807) is 56.4 Å². The zero-order valence-electron chi connectivity index (χ0n) is 42.3. The van der Waals surface area contributed by atoms with Gasteiger partial charge in [0.25, 0.3) is 11.8 Å². The molecule has 0 radical (unpaired) electrons. The Morgan fingerprint density at radius 3 is 2.45 bits per heavy atom. The molecule has 0 unspecified atom stereocenters. The van der Waals surface area contributed by atoms with Gasteiger partial charge < -0.3 is 55.1 Å². The second-order valence-electron chi connectivity index (χ2n) is 20.6. The zero-order chi connectivity index (χ0) is 52.0. The predicted octanol–water partition coefficient (Wildman–Crippen LogP) is 6.71. The van der Waals surface area contributed by atoms with Crippen molar-refractivity contribution in [3.63, 3.8) is 0 Å². The van der Waals surface area contributed by atoms with Crippen molar-refractivity contribution < 1.29 is 47.6 Å². The minimum atomic E-state index is -1.98. The summed E-state index contributed by atoms with van der Waals surface area (Å²) in [6.45, 7) is 9.98. The van der Waals surface area contributed by atoms with Gasteiger partial charge in [-0.3, -0.25) is 19.2 Å². The summed E-state index contributed by atoms with van der Waals surface area (Å²) in [5, 5.41) is 22.7. The summed E-state index contributed by atoms with van der Waals surface area (Å²) in [6.07, 6.45) is 4.37. The standard InChI is InChI=1S/C52H67ClFN9O9S/c1-30-43(73-29-58-30)33-11-12-35(22-56-46(65)40-21-36(64)24-63(40)48(67)44(51(2,3)4)60-49(68)52(54)15-16-52)41(19-33)72-27-32-9-7-31(8-10-32)26-70-28-37-25-62(17-18-71-37)47(66)34-13-14-39(42(20-34)69-6)59-50-57-23-38(53)45(55-5)61-50/h11-14,19-20,23,29,31-32,36-37,40,44,64H,7-10,15-18,21-22,24-28H2,1-6H3,(H,56,65)(H,60,68)(H2,55,57,59,61)/t31?,32?,36-,37-,40+,44-/m1/s1. The van der Waals surface area contributed by atoms with Crippen LogP contribution in [0.4, 0.5) is 21.8 Å². The van der Waals surface area contributed by atoms with Gasteiger partial charge in [-0.15, -0.1) is 11.3 Å². The van der Waals surface area contributed by atoms with E-state index in [0.29, 0.717) is 90.9 Å². The minimum absolute atomic E-state index is 0.0258. The number of thiazole rings is 1. The van der Waals surface area contributed by atoms with E-state index >= 15 is 0 Å². The van der Waals surface area contributed by atoms with Gasteiger partial charge in [0, 0.05) is 57.4 Å². The molecule has 21 heteroatoms. The highest BCUT2D eigenvalue weighted by atomic mass is 35.5. The number of hydrogen-bond donors (Lipinski definition) is 5. The highest BCUT2D eigenvalue weighted by Gasteiger charge is 2.53. The number of halogens is 2. The Morgan fingerprint density at radius 2 is 1.77 bits per heavy atom. The first-order valence-electron chi connectivity index (χ1n) is 25.0. The van der Waals surface area contributed by atoms with E-state index in [-0.39, 0.29) is 44.4 Å². The third kappa shape index (κ3) is 13.2. The highest BCUT2D eigenvalue weighted by molar-refractivity contribution is 7.13. The maximum absolute atomic E-state index is 14.7. The smallest absolute Gasteiger partial charge is 0.258 e. The molecule has 4 amide bonds. The van der Waals surface area contributed by atoms with E-state index in [0.717, 1.165) is 47.4 Å². The quantitative estimate of drug-likeness (QED) is 0.0660. The molecular weight excluding hydrogens is 981 g/mol. The van der Waals surface area contributed by atoms with Crippen LogP contribution in [0.2, 0.25) is 5.02 Å². The van der Waals surface area contributed by atoms with Gasteiger partial charge in [-0.05, 0) is 92.5 Å². The molecule has 18 nitrogen and oxygen atoms in total. The molecule has 0 bridgehead atoms. The van der Waals surface area contributed by atoms with Crippen LogP contribution in [0.1, 0.15) is 87.3 Å². The molecule has 2 saturated heterocycles. The summed E-state index contributed by atoms with van der Waals surface area (Å²) in [4.78, 5) is 71.5. The number of methoxy groups -OCH3 is 1. The first-order chi connectivity index (χ1) is 34.9. The number of anilines is 3. The van der Waals surface area contributed by atoms with Crippen LogP contribution in [0.5, 0.6) is 11.5 Å². The molecular formula is C52H67ClFN9O9S. The molecule has 2 aromatic heterocycles. The lowest BCUT2D eigenvalue weighted by atomic mass is 9.83. The number of hydrogen-bond acceptors (Lipinski definition) is 15. The number of nitrogens with one attached hydrogen (secondary N) is 4. The molecule has 0 spiro atoms. The molecule has 2 aromatic carbocycles. The van der Waals surface area contributed by atoms with E-state index in [9.17, 15) is 28.7 Å². The third-order valence-corrected chi connectivity index (χ3v) is 15.3. The Kier molecular flexibility index (Phi) is 17.1. The van der Waals surface area contributed by atoms with Crippen molar-refractivity contribution >= 4 is 64.0 Å². The van der Waals surface area contributed by atoms with Crippen LogP contribution in [0.15, 0.2) is 48.1 Å². The van der Waals surface area contributed by atoms with Crippen molar-refractivity contribution in [3.8, 4) is 21.9 Å². The Morgan fingerprint density at radius 1 is 1.01 bits per heavy atom. The largest absolute Gasteiger partial charge is 0.495 e. The maximum Gasteiger partial charge on any atom is 0.258 e. The van der Waals surface area contributed by atoms with E-state index in [4.69, 9.17) is 30.5 Å². The number of β-amino-alcohol motifs (C(OH)–C–C–N with tert-alkyl or cyclic N) is 1. The number of benzene rings is 2. The molecule has 8 rings (SSSR count). The number of rotatable bonds is 19. The molecule has 73 heavy (non-hydrogen) atoms. The molecule has 5 N–H and O–H groups in total. The fourth-order valence-electron chi connectivity index (χ4n) is 9.55. The number of alkyl halides is 1. The number of morpholine rings is 1. The Labute approximate surface area is 434 Å². The number of aryl methyl sites for hydroxylation is 1. The molecule has 4 fully saturated rings. The summed E-state index contributed by atoms with van der Waals surface area (Å²) in [6, 6.07) is 8.99. The van der Waals surface area contributed by atoms with Crippen LogP contribution in [-0.4, -0.2) is 144 Å². The Balaban J connectivity index is 0.815. The minimum Gasteiger partial charge on any atom is -0.495 e. The number of aliphatic hydroxyl groups is 1. The molecule has 4 aliphatic rings. The molecule has 2 aliphatic carbocycles. The van der Waals surface area contributed by atoms with Crippen molar-refractivity contribution in [1.29, 1.82) is 0 Å². The van der Waals surface area contributed by atoms with Crippen LogP contribution in [0.3, 0.4) is 0 Å². The second kappa shape index (κ2) is 23.3. The van der Waals surface area contributed by atoms with Crippen molar-refractivity contribution in [2.45, 2.75) is 109 Å². The van der Waals surface area contributed by atoms with Gasteiger partial charge in [0.15, 0.2) is 5.67 Å². The monoisotopic (exact) mass is 1050 g/mol. The fourth-order valence-corrected chi connectivity index (χ4v) is 10.5. The molecule has 2 saturated carbocycles. The summed E-state index contributed by atoms with van der Waals surface area (Å²) < 4.78 is 39.2. The van der Waals surface area contributed by atoms with Gasteiger partial charge in [0.1, 0.15) is 34.4 Å². The van der Waals surface area contributed by atoms with Gasteiger partial charge in [-0.25, -0.2) is 14.4 Å². The van der Waals surface area contributed by atoms with Gasteiger partial charge in [-0.2, -0.15) is 4.98 Å². The van der Waals surface area contributed by atoms with Gasteiger partial charge in [-0.1, -0.05) is 44.5 Å². The summed E-state index contributed by atoms with van der Waals surface area (Å²) in [7, 11) is 3.25. The SMILES string of the molecule is CNc1nc(Nc2ccc(C(=O)N3CCO[C@@H](COCC4CCC(COc5cc(-c6scnc6C)ccc5CNC(=O)[C@@H]5C[C@@H](O)CN5C(=O)[C@@H](NC(=O)C5(F)CC5)C(C)(C)C)CC4)C3)cc2OC)ncc1Cl. The average Bonchev–Trinajstić information content (AvgIpc) is 3.79. The lowest BCUT2D eigenvalue weighted by Gasteiger charge is -2.35. The number of aliphatic hydroxyl groups excluding tert-OH is 1. The van der Waals surface area contributed by atoms with Crippen molar-refractivity contribution in [1.82, 2.24) is 35.4 Å². The second-order valence-corrected chi connectivity index (χ2v) is 21.9. The summed E-state index contributed by atoms with van der Waals surface area (Å²) in [5.74, 6) is 0.613. The lowest BCUT2D eigenvalue weighted by molar-refractivity contribution is -0.145. The highest BCUT2D eigenvalue weighted by Crippen LogP contribution is 2.41. The number of nitrogens with zero attached hydrogens (tertiary/aromatic N) is 5. The number of carbonyl (C=O) groups excluding carboxylic acids is 4. The molecule has 4 heterocycles.